The summed E-state index contributed by atoms with van der Waals surface area (Å²) in [7, 11) is 0. The molecule has 0 saturated carbocycles. The Hall–Kier alpha value is -1.39. The second-order valence-electron chi connectivity index (χ2n) is 6.81. The minimum Gasteiger partial charge on any atom is -0.343 e. The second-order valence-corrected chi connectivity index (χ2v) is 6.81. The van der Waals surface area contributed by atoms with Crippen molar-refractivity contribution in [3.05, 3.63) is 71.8 Å². The maximum Gasteiger partial charge on any atom is 0.199 e. The molecule has 3 unspecified atom stereocenters. The highest BCUT2D eigenvalue weighted by Gasteiger charge is 2.45. The molecule has 25 heavy (non-hydrogen) atoms. The summed E-state index contributed by atoms with van der Waals surface area (Å²) in [6.45, 7) is 1.74. The standard InChI is InChI=1S/C21H25NO2.ClH/c1-3-9-17(10-4-1)15-21(18-11-5-2-6-12-18)23-16-20(24-21)19-13-7-8-14-22-19;/h1-6,9-12,19-20,22H,7-8,13-16H2;1H. The van der Waals surface area contributed by atoms with Crippen LogP contribution in [0.15, 0.2) is 60.7 Å². The summed E-state index contributed by atoms with van der Waals surface area (Å²) in [5.41, 5.74) is 2.34. The van der Waals surface area contributed by atoms with E-state index >= 15 is 0 Å². The number of hydrogen-bond acceptors (Lipinski definition) is 3. The topological polar surface area (TPSA) is 30.5 Å². The predicted molar refractivity (Wildman–Crippen MR) is 102 cm³/mol. The zero-order valence-corrected chi connectivity index (χ0v) is 15.2. The quantitative estimate of drug-likeness (QED) is 0.892. The number of piperidine rings is 1. The van der Waals surface area contributed by atoms with Gasteiger partial charge in [-0.05, 0) is 24.9 Å². The summed E-state index contributed by atoms with van der Waals surface area (Å²) >= 11 is 0. The van der Waals surface area contributed by atoms with Crippen molar-refractivity contribution in [1.29, 1.82) is 0 Å². The first-order chi connectivity index (χ1) is 11.9. The molecule has 4 heteroatoms. The van der Waals surface area contributed by atoms with Crippen molar-refractivity contribution in [3.8, 4) is 0 Å². The van der Waals surface area contributed by atoms with Crippen LogP contribution in [-0.2, 0) is 21.7 Å². The Bertz CT molecular complexity index is 645. The molecular formula is C21H26ClNO2. The molecule has 0 aliphatic carbocycles. The van der Waals surface area contributed by atoms with Crippen LogP contribution in [0, 0.1) is 0 Å². The van der Waals surface area contributed by atoms with Crippen LogP contribution in [0.5, 0.6) is 0 Å². The predicted octanol–water partition coefficient (Wildman–Crippen LogP) is 4.06. The van der Waals surface area contributed by atoms with Crippen molar-refractivity contribution >= 4 is 12.4 Å². The maximum absolute atomic E-state index is 6.59. The average molecular weight is 360 g/mol. The molecule has 3 atom stereocenters. The Morgan fingerprint density at radius 1 is 0.960 bits per heavy atom. The van der Waals surface area contributed by atoms with Crippen LogP contribution < -0.4 is 5.32 Å². The van der Waals surface area contributed by atoms with Gasteiger partial charge in [0.05, 0.1) is 6.61 Å². The van der Waals surface area contributed by atoms with E-state index in [1.54, 1.807) is 0 Å². The number of hydrogen-bond donors (Lipinski definition) is 1. The molecule has 0 bridgehead atoms. The molecule has 2 fully saturated rings. The normalized spacial score (nSPS) is 29.1. The first-order valence-electron chi connectivity index (χ1n) is 9.00. The Morgan fingerprint density at radius 3 is 2.36 bits per heavy atom. The zero-order valence-electron chi connectivity index (χ0n) is 14.4. The van der Waals surface area contributed by atoms with Crippen LogP contribution in [0.1, 0.15) is 30.4 Å². The smallest absolute Gasteiger partial charge is 0.199 e. The molecule has 0 spiro atoms. The monoisotopic (exact) mass is 359 g/mol. The van der Waals surface area contributed by atoms with E-state index in [1.165, 1.54) is 24.8 Å². The van der Waals surface area contributed by atoms with Gasteiger partial charge < -0.3 is 14.8 Å². The second kappa shape index (κ2) is 8.33. The maximum atomic E-state index is 6.59. The highest BCUT2D eigenvalue weighted by molar-refractivity contribution is 5.85. The molecular weight excluding hydrogens is 334 g/mol. The van der Waals surface area contributed by atoms with Gasteiger partial charge in [-0.1, -0.05) is 67.1 Å². The molecule has 2 saturated heterocycles. The average Bonchev–Trinajstić information content (AvgIpc) is 3.09. The number of benzene rings is 2. The van der Waals surface area contributed by atoms with Crippen LogP contribution in [-0.4, -0.2) is 25.3 Å². The third-order valence-electron chi connectivity index (χ3n) is 5.11. The van der Waals surface area contributed by atoms with Gasteiger partial charge in [0.2, 0.25) is 0 Å². The van der Waals surface area contributed by atoms with E-state index in [-0.39, 0.29) is 18.5 Å². The molecule has 0 radical (unpaired) electrons. The van der Waals surface area contributed by atoms with Crippen molar-refractivity contribution < 1.29 is 9.47 Å². The molecule has 0 aromatic heterocycles. The lowest BCUT2D eigenvalue weighted by Crippen LogP contribution is -2.45. The van der Waals surface area contributed by atoms with Gasteiger partial charge in [0.25, 0.3) is 0 Å². The molecule has 2 aliphatic rings. The fourth-order valence-electron chi connectivity index (χ4n) is 3.83. The van der Waals surface area contributed by atoms with Crippen LogP contribution in [0.2, 0.25) is 0 Å². The number of nitrogens with one attached hydrogen (secondary N) is 1. The molecule has 3 nitrogen and oxygen atoms in total. The lowest BCUT2D eigenvalue weighted by molar-refractivity contribution is -0.179. The van der Waals surface area contributed by atoms with Gasteiger partial charge >= 0.3 is 0 Å². The van der Waals surface area contributed by atoms with Gasteiger partial charge in [-0.15, -0.1) is 12.4 Å². The molecule has 2 aromatic carbocycles. The minimum absolute atomic E-state index is 0. The van der Waals surface area contributed by atoms with E-state index in [0.717, 1.165) is 18.5 Å². The third kappa shape index (κ3) is 4.06. The van der Waals surface area contributed by atoms with Crippen LogP contribution in [0.25, 0.3) is 0 Å². The van der Waals surface area contributed by atoms with Crippen molar-refractivity contribution in [3.63, 3.8) is 0 Å². The molecule has 1 N–H and O–H groups in total. The number of halogens is 1. The van der Waals surface area contributed by atoms with Gasteiger partial charge in [-0.25, -0.2) is 0 Å². The largest absolute Gasteiger partial charge is 0.343 e. The van der Waals surface area contributed by atoms with Crippen LogP contribution in [0.3, 0.4) is 0 Å². The highest BCUT2D eigenvalue weighted by Crippen LogP contribution is 2.39. The van der Waals surface area contributed by atoms with E-state index in [2.05, 4.69) is 53.8 Å². The van der Waals surface area contributed by atoms with Gasteiger partial charge in [0.1, 0.15) is 6.10 Å². The molecule has 2 aromatic rings. The lowest BCUT2D eigenvalue weighted by Gasteiger charge is -2.32. The first kappa shape index (κ1) is 18.4. The fraction of sp³-hybridized carbons (Fsp3) is 0.429. The van der Waals surface area contributed by atoms with E-state index < -0.39 is 5.79 Å². The van der Waals surface area contributed by atoms with Gasteiger partial charge in [-0.3, -0.25) is 0 Å². The highest BCUT2D eigenvalue weighted by atomic mass is 35.5. The molecule has 4 rings (SSSR count). The number of ether oxygens (including phenoxy) is 2. The van der Waals surface area contributed by atoms with Crippen LogP contribution >= 0.6 is 12.4 Å². The Balaban J connectivity index is 0.00000182. The van der Waals surface area contributed by atoms with Crippen molar-refractivity contribution in [2.75, 3.05) is 13.2 Å². The minimum atomic E-state index is -0.674. The van der Waals surface area contributed by atoms with Gasteiger partial charge in [0, 0.05) is 18.0 Å². The Labute approximate surface area is 156 Å². The third-order valence-corrected chi connectivity index (χ3v) is 5.11. The first-order valence-corrected chi connectivity index (χ1v) is 9.00. The zero-order chi connectivity index (χ0) is 16.2. The SMILES string of the molecule is Cl.c1ccc(CC2(c3ccccc3)OCC(C3CCCCN3)O2)cc1. The Morgan fingerprint density at radius 2 is 1.68 bits per heavy atom. The van der Waals surface area contributed by atoms with Gasteiger partial charge in [-0.2, -0.15) is 0 Å². The van der Waals surface area contributed by atoms with Gasteiger partial charge in [0.15, 0.2) is 5.79 Å². The van der Waals surface area contributed by atoms with Crippen LogP contribution in [0.4, 0.5) is 0 Å². The van der Waals surface area contributed by atoms with E-state index in [9.17, 15) is 0 Å². The molecule has 2 aliphatic heterocycles. The van der Waals surface area contributed by atoms with Crippen molar-refractivity contribution in [2.45, 2.75) is 43.6 Å². The summed E-state index contributed by atoms with van der Waals surface area (Å²) in [6.07, 6.45) is 4.56. The lowest BCUT2D eigenvalue weighted by atomic mass is 9.97. The molecule has 2 heterocycles. The summed E-state index contributed by atoms with van der Waals surface area (Å²) in [4.78, 5) is 0. The fourth-order valence-corrected chi connectivity index (χ4v) is 3.83. The van der Waals surface area contributed by atoms with E-state index in [4.69, 9.17) is 9.47 Å². The number of rotatable bonds is 4. The summed E-state index contributed by atoms with van der Waals surface area (Å²) in [5.74, 6) is -0.674. The summed E-state index contributed by atoms with van der Waals surface area (Å²) < 4.78 is 12.9. The Kier molecular flexibility index (Phi) is 6.13. The van der Waals surface area contributed by atoms with Crippen molar-refractivity contribution in [2.24, 2.45) is 0 Å². The van der Waals surface area contributed by atoms with E-state index in [0.29, 0.717) is 12.6 Å². The summed E-state index contributed by atoms with van der Waals surface area (Å²) in [5, 5.41) is 3.61. The molecule has 134 valence electrons. The van der Waals surface area contributed by atoms with E-state index in [1.807, 2.05) is 12.1 Å². The summed E-state index contributed by atoms with van der Waals surface area (Å²) in [6, 6.07) is 21.2. The molecule has 0 amide bonds. The van der Waals surface area contributed by atoms with Crippen molar-refractivity contribution in [1.82, 2.24) is 5.32 Å².